The van der Waals surface area contributed by atoms with E-state index in [1.165, 1.54) is 0 Å². The van der Waals surface area contributed by atoms with Gasteiger partial charge in [0.1, 0.15) is 11.8 Å². The van der Waals surface area contributed by atoms with E-state index in [-0.39, 0.29) is 11.9 Å². The van der Waals surface area contributed by atoms with Crippen molar-refractivity contribution >= 4 is 35.3 Å². The summed E-state index contributed by atoms with van der Waals surface area (Å²) < 4.78 is 5.09. The minimum absolute atomic E-state index is 0.0625. The van der Waals surface area contributed by atoms with Crippen molar-refractivity contribution in [1.29, 1.82) is 0 Å². The third kappa shape index (κ3) is 4.74. The van der Waals surface area contributed by atoms with Crippen LogP contribution < -0.4 is 21.0 Å². The Hall–Kier alpha value is -2.12. The van der Waals surface area contributed by atoms with E-state index in [1.54, 1.807) is 19.4 Å². The summed E-state index contributed by atoms with van der Waals surface area (Å²) in [6.45, 7) is 0. The van der Waals surface area contributed by atoms with E-state index in [4.69, 9.17) is 27.9 Å². The molecule has 2 atom stereocenters. The van der Waals surface area contributed by atoms with Crippen molar-refractivity contribution in [2.24, 2.45) is 5.10 Å². The highest BCUT2D eigenvalue weighted by atomic mass is 35.5. The van der Waals surface area contributed by atoms with Gasteiger partial charge in [0.15, 0.2) is 0 Å². The summed E-state index contributed by atoms with van der Waals surface area (Å²) in [6, 6.07) is 12.2. The lowest BCUT2D eigenvalue weighted by molar-refractivity contribution is -0.122. The van der Waals surface area contributed by atoms with Gasteiger partial charge >= 0.3 is 0 Å². The van der Waals surface area contributed by atoms with Crippen molar-refractivity contribution in [3.63, 3.8) is 0 Å². The third-order valence-corrected chi connectivity index (χ3v) is 4.45. The van der Waals surface area contributed by atoms with Gasteiger partial charge in [-0.05, 0) is 60.0 Å². The number of nitrogens with zero attached hydrogens (tertiary/aromatic N) is 1. The summed E-state index contributed by atoms with van der Waals surface area (Å²) in [5.41, 5.74) is 10.4. The molecule has 1 saturated heterocycles. The first-order valence-electron chi connectivity index (χ1n) is 7.99. The van der Waals surface area contributed by atoms with Crippen LogP contribution in [0.2, 0.25) is 10.0 Å². The predicted octanol–water partition coefficient (Wildman–Crippen LogP) is 3.06. The van der Waals surface area contributed by atoms with Crippen molar-refractivity contribution in [3.8, 4) is 5.75 Å². The molecule has 136 valence electrons. The number of hydrazine groups is 1. The lowest BCUT2D eigenvalue weighted by Gasteiger charge is -2.10. The number of hydrogen-bond acceptors (Lipinski definition) is 5. The fourth-order valence-electron chi connectivity index (χ4n) is 2.66. The van der Waals surface area contributed by atoms with Gasteiger partial charge in [0.2, 0.25) is 0 Å². The normalized spacial score (nSPS) is 19.7. The predicted molar refractivity (Wildman–Crippen MR) is 103 cm³/mol. The van der Waals surface area contributed by atoms with E-state index in [1.807, 2.05) is 36.4 Å². The van der Waals surface area contributed by atoms with Gasteiger partial charge in [-0.3, -0.25) is 4.79 Å². The molecule has 0 aromatic heterocycles. The monoisotopic (exact) mass is 392 g/mol. The molecule has 2 aromatic carbocycles. The molecule has 1 heterocycles. The molecular formula is C18H18Cl2N4O2. The number of carbonyl (C=O) groups excluding carboxylic acids is 1. The molecule has 6 nitrogen and oxygen atoms in total. The third-order valence-electron chi connectivity index (χ3n) is 4.01. The van der Waals surface area contributed by atoms with E-state index < -0.39 is 6.04 Å². The number of methoxy groups -OCH3 is 1. The number of rotatable bonds is 5. The lowest BCUT2D eigenvalue weighted by Crippen LogP contribution is -2.41. The van der Waals surface area contributed by atoms with Crippen LogP contribution in [-0.2, 0) is 4.79 Å². The SMILES string of the molecule is COc1ccc(/C=N/NC(=O)C2CC(c3cc(Cl)cc(Cl)c3)NN2)cc1. The molecule has 0 aliphatic carbocycles. The summed E-state index contributed by atoms with van der Waals surface area (Å²) >= 11 is 12.1. The lowest BCUT2D eigenvalue weighted by atomic mass is 10.0. The standard InChI is InChI=1S/C18H18Cl2N4O2/c1-26-15-4-2-11(3-5-15)10-21-24-18(25)17-9-16(22-23-17)12-6-13(19)8-14(20)7-12/h2-8,10,16-17,22-23H,9H2,1H3,(H,24,25)/b21-10+. The highest BCUT2D eigenvalue weighted by molar-refractivity contribution is 6.34. The first-order valence-corrected chi connectivity index (χ1v) is 8.75. The molecule has 1 fully saturated rings. The van der Waals surface area contributed by atoms with Crippen LogP contribution in [0, 0.1) is 0 Å². The number of halogens is 2. The van der Waals surface area contributed by atoms with Crippen LogP contribution in [-0.4, -0.2) is 25.3 Å². The quantitative estimate of drug-likeness (QED) is 0.539. The fourth-order valence-corrected chi connectivity index (χ4v) is 3.20. The minimum Gasteiger partial charge on any atom is -0.497 e. The van der Waals surface area contributed by atoms with Gasteiger partial charge < -0.3 is 4.74 Å². The summed E-state index contributed by atoms with van der Waals surface area (Å²) in [5.74, 6) is 0.539. The molecule has 2 aromatic rings. The van der Waals surface area contributed by atoms with Crippen LogP contribution in [0.3, 0.4) is 0 Å². The highest BCUT2D eigenvalue weighted by Gasteiger charge is 2.30. The Balaban J connectivity index is 1.54. The Kier molecular flexibility index (Phi) is 6.11. The Labute approximate surface area is 161 Å². The molecule has 1 aliphatic heterocycles. The van der Waals surface area contributed by atoms with Crippen molar-refractivity contribution in [2.45, 2.75) is 18.5 Å². The largest absolute Gasteiger partial charge is 0.497 e. The second-order valence-electron chi connectivity index (χ2n) is 5.84. The zero-order chi connectivity index (χ0) is 18.5. The van der Waals surface area contributed by atoms with E-state index in [9.17, 15) is 4.79 Å². The van der Waals surface area contributed by atoms with Gasteiger partial charge in [-0.15, -0.1) is 0 Å². The van der Waals surface area contributed by atoms with Crippen molar-refractivity contribution in [2.75, 3.05) is 7.11 Å². The molecule has 2 unspecified atom stereocenters. The first-order chi connectivity index (χ1) is 12.5. The molecule has 8 heteroatoms. The maximum atomic E-state index is 12.2. The van der Waals surface area contributed by atoms with Gasteiger partial charge in [-0.25, -0.2) is 16.3 Å². The number of hydrogen-bond donors (Lipinski definition) is 3. The van der Waals surface area contributed by atoms with Crippen molar-refractivity contribution in [1.82, 2.24) is 16.3 Å². The first kappa shape index (κ1) is 18.7. The van der Waals surface area contributed by atoms with Crippen LogP contribution in [0.4, 0.5) is 0 Å². The average Bonchev–Trinajstić information content (AvgIpc) is 3.12. The number of hydrazone groups is 1. The van der Waals surface area contributed by atoms with Gasteiger partial charge in [0, 0.05) is 16.1 Å². The van der Waals surface area contributed by atoms with Gasteiger partial charge in [0.05, 0.1) is 13.3 Å². The molecule has 1 amide bonds. The van der Waals surface area contributed by atoms with Crippen LogP contribution in [0.5, 0.6) is 5.75 Å². The van der Waals surface area contributed by atoms with Gasteiger partial charge in [-0.2, -0.15) is 5.10 Å². The second-order valence-corrected chi connectivity index (χ2v) is 6.71. The van der Waals surface area contributed by atoms with E-state index >= 15 is 0 Å². The van der Waals surface area contributed by atoms with Crippen LogP contribution in [0.25, 0.3) is 0 Å². The zero-order valence-electron chi connectivity index (χ0n) is 14.0. The summed E-state index contributed by atoms with van der Waals surface area (Å²) in [6.07, 6.45) is 2.13. The number of nitrogens with one attached hydrogen (secondary N) is 3. The fraction of sp³-hybridized carbons (Fsp3) is 0.222. The van der Waals surface area contributed by atoms with Crippen LogP contribution in [0.1, 0.15) is 23.6 Å². The topological polar surface area (TPSA) is 74.8 Å². The van der Waals surface area contributed by atoms with Crippen LogP contribution >= 0.6 is 23.2 Å². The highest BCUT2D eigenvalue weighted by Crippen LogP contribution is 2.28. The van der Waals surface area contributed by atoms with E-state index in [0.29, 0.717) is 16.5 Å². The zero-order valence-corrected chi connectivity index (χ0v) is 15.5. The molecule has 26 heavy (non-hydrogen) atoms. The molecule has 0 saturated carbocycles. The maximum absolute atomic E-state index is 12.2. The Morgan fingerprint density at radius 3 is 2.54 bits per heavy atom. The van der Waals surface area contributed by atoms with E-state index in [2.05, 4.69) is 21.4 Å². The van der Waals surface area contributed by atoms with Crippen molar-refractivity contribution in [3.05, 3.63) is 63.6 Å². The van der Waals surface area contributed by atoms with Crippen LogP contribution in [0.15, 0.2) is 47.6 Å². The Bertz CT molecular complexity index is 791. The molecular weight excluding hydrogens is 375 g/mol. The molecule has 3 N–H and O–H groups in total. The second kappa shape index (κ2) is 8.51. The molecule has 0 spiro atoms. The molecule has 0 radical (unpaired) electrons. The maximum Gasteiger partial charge on any atom is 0.258 e. The van der Waals surface area contributed by atoms with Crippen molar-refractivity contribution < 1.29 is 9.53 Å². The Morgan fingerprint density at radius 2 is 1.88 bits per heavy atom. The summed E-state index contributed by atoms with van der Waals surface area (Å²) in [5, 5.41) is 5.12. The Morgan fingerprint density at radius 1 is 1.19 bits per heavy atom. The number of carbonyl (C=O) groups is 1. The van der Waals surface area contributed by atoms with Gasteiger partial charge in [-0.1, -0.05) is 23.2 Å². The summed E-state index contributed by atoms with van der Waals surface area (Å²) in [4.78, 5) is 12.2. The molecule has 3 rings (SSSR count). The smallest absolute Gasteiger partial charge is 0.258 e. The number of ether oxygens (including phenoxy) is 1. The van der Waals surface area contributed by atoms with Gasteiger partial charge in [0.25, 0.3) is 5.91 Å². The van der Waals surface area contributed by atoms with E-state index in [0.717, 1.165) is 16.9 Å². The summed E-state index contributed by atoms with van der Waals surface area (Å²) in [7, 11) is 1.61. The minimum atomic E-state index is -0.411. The number of benzene rings is 2. The average molecular weight is 393 g/mol. The molecule has 0 bridgehead atoms. The molecule has 1 aliphatic rings. The number of amides is 1.